The first kappa shape index (κ1) is 9.53. The summed E-state index contributed by atoms with van der Waals surface area (Å²) in [6, 6.07) is 6.19. The van der Waals surface area contributed by atoms with Crippen LogP contribution in [0.4, 0.5) is 5.69 Å². The third-order valence-electron chi connectivity index (χ3n) is 2.97. The number of nitrogen functional groups attached to an aromatic ring is 1. The van der Waals surface area contributed by atoms with Crippen molar-refractivity contribution in [2.45, 2.75) is 26.3 Å². The van der Waals surface area contributed by atoms with Gasteiger partial charge in [-0.3, -0.25) is 4.90 Å². The highest BCUT2D eigenvalue weighted by Gasteiger charge is 2.12. The molecule has 0 amide bonds. The minimum absolute atomic E-state index is 0.879. The first-order valence-corrected chi connectivity index (χ1v) is 5.33. The number of rotatable bonds is 2. The van der Waals surface area contributed by atoms with Crippen molar-refractivity contribution in [3.63, 3.8) is 0 Å². The molecule has 76 valence electrons. The average molecular weight is 190 g/mol. The van der Waals surface area contributed by atoms with Gasteiger partial charge in [0.05, 0.1) is 0 Å². The smallest absolute Gasteiger partial charge is 0.0317 e. The monoisotopic (exact) mass is 190 g/mol. The number of likely N-dealkylation sites (tertiary alicyclic amines) is 1. The van der Waals surface area contributed by atoms with Crippen molar-refractivity contribution in [2.75, 3.05) is 18.8 Å². The quantitative estimate of drug-likeness (QED) is 0.724. The molecule has 0 radical (unpaired) electrons. The van der Waals surface area contributed by atoms with E-state index in [1.54, 1.807) is 0 Å². The Kier molecular flexibility index (Phi) is 2.73. The molecule has 0 unspecified atom stereocenters. The Bertz CT molecular complexity index is 314. The van der Waals surface area contributed by atoms with Gasteiger partial charge < -0.3 is 5.73 Å². The number of benzene rings is 1. The van der Waals surface area contributed by atoms with Crippen LogP contribution in [0.5, 0.6) is 0 Å². The number of anilines is 1. The zero-order valence-corrected chi connectivity index (χ0v) is 8.79. The predicted octanol–water partition coefficient (Wildman–Crippen LogP) is 2.17. The van der Waals surface area contributed by atoms with Crippen LogP contribution < -0.4 is 5.73 Å². The molecule has 2 rings (SSSR count). The Morgan fingerprint density at radius 1 is 1.29 bits per heavy atom. The van der Waals surface area contributed by atoms with Gasteiger partial charge in [0.25, 0.3) is 0 Å². The third-order valence-corrected chi connectivity index (χ3v) is 2.97. The van der Waals surface area contributed by atoms with E-state index in [1.807, 2.05) is 6.07 Å². The Morgan fingerprint density at radius 3 is 2.71 bits per heavy atom. The fraction of sp³-hybridized carbons (Fsp3) is 0.500. The molecular formula is C12H18N2. The lowest BCUT2D eigenvalue weighted by Crippen LogP contribution is -2.19. The molecule has 0 atom stereocenters. The van der Waals surface area contributed by atoms with Crippen LogP contribution in [0.25, 0.3) is 0 Å². The molecule has 1 aliphatic heterocycles. The zero-order valence-electron chi connectivity index (χ0n) is 8.79. The van der Waals surface area contributed by atoms with E-state index < -0.39 is 0 Å². The summed E-state index contributed by atoms with van der Waals surface area (Å²) in [5.74, 6) is 0. The maximum absolute atomic E-state index is 5.78. The van der Waals surface area contributed by atoms with E-state index in [4.69, 9.17) is 5.73 Å². The third kappa shape index (κ3) is 2.07. The lowest BCUT2D eigenvalue weighted by Gasteiger charge is -2.16. The molecular weight excluding hydrogens is 172 g/mol. The molecule has 1 aromatic carbocycles. The van der Waals surface area contributed by atoms with Gasteiger partial charge in [0.15, 0.2) is 0 Å². The molecule has 0 saturated carbocycles. The van der Waals surface area contributed by atoms with Crippen LogP contribution in [-0.2, 0) is 6.54 Å². The summed E-state index contributed by atoms with van der Waals surface area (Å²) in [6.45, 7) is 5.71. The largest absolute Gasteiger partial charge is 0.399 e. The highest BCUT2D eigenvalue weighted by atomic mass is 15.1. The van der Waals surface area contributed by atoms with Gasteiger partial charge in [-0.2, -0.15) is 0 Å². The van der Waals surface area contributed by atoms with Crippen LogP contribution in [-0.4, -0.2) is 18.0 Å². The van der Waals surface area contributed by atoms with Gasteiger partial charge in [0, 0.05) is 12.2 Å². The van der Waals surface area contributed by atoms with Crippen molar-refractivity contribution in [3.05, 3.63) is 29.3 Å². The Balaban J connectivity index is 2.10. The van der Waals surface area contributed by atoms with Crippen LogP contribution >= 0.6 is 0 Å². The second kappa shape index (κ2) is 4.01. The molecule has 1 aliphatic rings. The highest BCUT2D eigenvalue weighted by Crippen LogP contribution is 2.17. The molecule has 0 spiro atoms. The molecule has 2 heteroatoms. The molecule has 1 fully saturated rings. The normalized spacial score (nSPS) is 17.5. The summed E-state index contributed by atoms with van der Waals surface area (Å²) in [7, 11) is 0. The Labute approximate surface area is 85.7 Å². The molecule has 1 aromatic rings. The SMILES string of the molecule is Cc1ccc(N)cc1CN1CCCC1. The first-order valence-electron chi connectivity index (χ1n) is 5.33. The topological polar surface area (TPSA) is 29.3 Å². The van der Waals surface area contributed by atoms with Crippen molar-refractivity contribution >= 4 is 5.69 Å². The number of aryl methyl sites for hydroxylation is 1. The summed E-state index contributed by atoms with van der Waals surface area (Å²) in [4.78, 5) is 2.50. The fourth-order valence-electron chi connectivity index (χ4n) is 2.04. The van der Waals surface area contributed by atoms with Crippen LogP contribution in [0, 0.1) is 6.92 Å². The molecule has 2 N–H and O–H groups in total. The molecule has 1 heterocycles. The highest BCUT2D eigenvalue weighted by molar-refractivity contribution is 5.44. The zero-order chi connectivity index (χ0) is 9.97. The maximum atomic E-state index is 5.78. The van der Waals surface area contributed by atoms with Crippen LogP contribution in [0.15, 0.2) is 18.2 Å². The van der Waals surface area contributed by atoms with E-state index in [2.05, 4.69) is 24.0 Å². The minimum Gasteiger partial charge on any atom is -0.399 e. The van der Waals surface area contributed by atoms with E-state index in [-0.39, 0.29) is 0 Å². The number of nitrogens with two attached hydrogens (primary N) is 1. The number of nitrogens with zero attached hydrogens (tertiary/aromatic N) is 1. The van der Waals surface area contributed by atoms with E-state index in [1.165, 1.54) is 37.1 Å². The van der Waals surface area contributed by atoms with E-state index in [9.17, 15) is 0 Å². The Morgan fingerprint density at radius 2 is 2.00 bits per heavy atom. The van der Waals surface area contributed by atoms with Crippen molar-refractivity contribution in [1.82, 2.24) is 4.90 Å². The number of hydrogen-bond donors (Lipinski definition) is 1. The standard InChI is InChI=1S/C12H18N2/c1-10-4-5-12(13)8-11(10)9-14-6-2-3-7-14/h4-5,8H,2-3,6-7,9,13H2,1H3. The van der Waals surface area contributed by atoms with Gasteiger partial charge in [-0.1, -0.05) is 6.07 Å². The minimum atomic E-state index is 0.879. The van der Waals surface area contributed by atoms with Crippen LogP contribution in [0.3, 0.4) is 0 Å². The molecule has 0 aliphatic carbocycles. The number of hydrogen-bond acceptors (Lipinski definition) is 2. The molecule has 1 saturated heterocycles. The Hall–Kier alpha value is -1.02. The summed E-state index contributed by atoms with van der Waals surface area (Å²) in [5, 5.41) is 0. The lowest BCUT2D eigenvalue weighted by atomic mass is 10.1. The molecule has 0 bridgehead atoms. The second-order valence-electron chi connectivity index (χ2n) is 4.17. The molecule has 2 nitrogen and oxygen atoms in total. The van der Waals surface area contributed by atoms with E-state index in [0.29, 0.717) is 0 Å². The first-order chi connectivity index (χ1) is 6.75. The lowest BCUT2D eigenvalue weighted by molar-refractivity contribution is 0.331. The summed E-state index contributed by atoms with van der Waals surface area (Å²) < 4.78 is 0. The van der Waals surface area contributed by atoms with Gasteiger partial charge in [-0.25, -0.2) is 0 Å². The van der Waals surface area contributed by atoms with Gasteiger partial charge in [-0.05, 0) is 56.1 Å². The van der Waals surface area contributed by atoms with E-state index >= 15 is 0 Å². The van der Waals surface area contributed by atoms with Crippen LogP contribution in [0.1, 0.15) is 24.0 Å². The average Bonchev–Trinajstić information content (AvgIpc) is 2.64. The summed E-state index contributed by atoms with van der Waals surface area (Å²) >= 11 is 0. The van der Waals surface area contributed by atoms with Crippen LogP contribution in [0.2, 0.25) is 0 Å². The molecule has 14 heavy (non-hydrogen) atoms. The molecule has 0 aromatic heterocycles. The predicted molar refractivity (Wildman–Crippen MR) is 60.1 cm³/mol. The van der Waals surface area contributed by atoms with Gasteiger partial charge in [0.2, 0.25) is 0 Å². The van der Waals surface area contributed by atoms with Crippen molar-refractivity contribution in [3.8, 4) is 0 Å². The van der Waals surface area contributed by atoms with Gasteiger partial charge in [-0.15, -0.1) is 0 Å². The summed E-state index contributed by atoms with van der Waals surface area (Å²) in [5.41, 5.74) is 9.40. The van der Waals surface area contributed by atoms with Crippen molar-refractivity contribution < 1.29 is 0 Å². The van der Waals surface area contributed by atoms with Crippen molar-refractivity contribution in [1.29, 1.82) is 0 Å². The van der Waals surface area contributed by atoms with Crippen molar-refractivity contribution in [2.24, 2.45) is 0 Å². The summed E-state index contributed by atoms with van der Waals surface area (Å²) in [6.07, 6.45) is 2.70. The maximum Gasteiger partial charge on any atom is 0.0317 e. The van der Waals surface area contributed by atoms with E-state index in [0.717, 1.165) is 12.2 Å². The second-order valence-corrected chi connectivity index (χ2v) is 4.17. The van der Waals surface area contributed by atoms with Gasteiger partial charge in [0.1, 0.15) is 0 Å². The van der Waals surface area contributed by atoms with Gasteiger partial charge >= 0.3 is 0 Å². The fourth-order valence-corrected chi connectivity index (χ4v) is 2.04.